The Morgan fingerprint density at radius 3 is 1.48 bits per heavy atom. The summed E-state index contributed by atoms with van der Waals surface area (Å²) in [6, 6.07) is 8.53. The third-order valence-electron chi connectivity index (χ3n) is 5.88. The lowest BCUT2D eigenvalue weighted by molar-refractivity contribution is 0.00878. The Morgan fingerprint density at radius 1 is 0.455 bits per heavy atom. The molecule has 0 unspecified atom stereocenters. The molecule has 0 saturated heterocycles. The Morgan fingerprint density at radius 2 is 0.909 bits per heavy atom. The third kappa shape index (κ3) is 20.0. The fourth-order valence-corrected chi connectivity index (χ4v) is 3.78. The standard InChI is InChI=1S/C29H52O4/c1-3-5-7-9-11-12-14-16-28-17-19-29(20-18-28)33-27-26-32-25-24-31-23-22-30-21-15-13-10-8-6-4-2/h17-20H,3-16,21-27H2,1-2H3. The average Bonchev–Trinajstić information content (AvgIpc) is 2.84. The fraction of sp³-hybridized carbons (Fsp3) is 0.793. The van der Waals surface area contributed by atoms with Gasteiger partial charge in [0.1, 0.15) is 12.4 Å². The van der Waals surface area contributed by atoms with Crippen LogP contribution in [0, 0.1) is 0 Å². The molecule has 0 atom stereocenters. The molecule has 192 valence electrons. The number of aryl methyl sites for hydroxylation is 1. The van der Waals surface area contributed by atoms with Crippen molar-refractivity contribution in [3.8, 4) is 5.75 Å². The molecule has 0 saturated carbocycles. The van der Waals surface area contributed by atoms with E-state index < -0.39 is 0 Å². The summed E-state index contributed by atoms with van der Waals surface area (Å²) in [6.07, 6.45) is 18.5. The van der Waals surface area contributed by atoms with Crippen molar-refractivity contribution in [1.82, 2.24) is 0 Å². The van der Waals surface area contributed by atoms with E-state index in [9.17, 15) is 0 Å². The van der Waals surface area contributed by atoms with E-state index in [4.69, 9.17) is 18.9 Å². The van der Waals surface area contributed by atoms with E-state index in [1.165, 1.54) is 89.0 Å². The maximum absolute atomic E-state index is 5.77. The van der Waals surface area contributed by atoms with Crippen LogP contribution in [0.3, 0.4) is 0 Å². The molecule has 0 N–H and O–H groups in total. The zero-order valence-corrected chi connectivity index (χ0v) is 21.8. The number of benzene rings is 1. The number of ether oxygens (including phenoxy) is 4. The van der Waals surface area contributed by atoms with Gasteiger partial charge < -0.3 is 18.9 Å². The topological polar surface area (TPSA) is 36.9 Å². The van der Waals surface area contributed by atoms with Crippen LogP contribution in [0.25, 0.3) is 0 Å². The van der Waals surface area contributed by atoms with E-state index >= 15 is 0 Å². The SMILES string of the molecule is CCCCCCCCCc1ccc(OCCOCCOCCOCCCCCCCC)cc1. The fourth-order valence-electron chi connectivity index (χ4n) is 3.78. The van der Waals surface area contributed by atoms with Gasteiger partial charge >= 0.3 is 0 Å². The minimum Gasteiger partial charge on any atom is -0.491 e. The van der Waals surface area contributed by atoms with E-state index in [1.54, 1.807) is 0 Å². The largest absolute Gasteiger partial charge is 0.491 e. The van der Waals surface area contributed by atoms with E-state index in [-0.39, 0.29) is 0 Å². The summed E-state index contributed by atoms with van der Waals surface area (Å²) in [7, 11) is 0. The minimum absolute atomic E-state index is 0.568. The maximum atomic E-state index is 5.77. The second-order valence-corrected chi connectivity index (χ2v) is 8.97. The second kappa shape index (κ2) is 24.0. The molecule has 0 aliphatic rings. The van der Waals surface area contributed by atoms with Crippen LogP contribution in [0.4, 0.5) is 0 Å². The number of unbranched alkanes of at least 4 members (excludes halogenated alkanes) is 11. The summed E-state index contributed by atoms with van der Waals surface area (Å²) in [4.78, 5) is 0. The third-order valence-corrected chi connectivity index (χ3v) is 5.88. The van der Waals surface area contributed by atoms with Gasteiger partial charge in [-0.15, -0.1) is 0 Å². The highest BCUT2D eigenvalue weighted by atomic mass is 16.6. The predicted molar refractivity (Wildman–Crippen MR) is 139 cm³/mol. The Kier molecular flexibility index (Phi) is 21.8. The van der Waals surface area contributed by atoms with E-state index in [1.807, 2.05) is 0 Å². The summed E-state index contributed by atoms with van der Waals surface area (Å²) in [5.41, 5.74) is 1.40. The molecule has 0 amide bonds. The Labute approximate surface area is 204 Å². The van der Waals surface area contributed by atoms with Crippen LogP contribution in [0.5, 0.6) is 5.75 Å². The van der Waals surface area contributed by atoms with Crippen molar-refractivity contribution in [1.29, 1.82) is 0 Å². The molecular formula is C29H52O4. The molecule has 0 spiro atoms. The highest BCUT2D eigenvalue weighted by molar-refractivity contribution is 5.27. The van der Waals surface area contributed by atoms with Crippen molar-refractivity contribution in [2.45, 2.75) is 104 Å². The predicted octanol–water partition coefficient (Wildman–Crippen LogP) is 7.77. The van der Waals surface area contributed by atoms with Gasteiger partial charge in [0.2, 0.25) is 0 Å². The van der Waals surface area contributed by atoms with Crippen LogP contribution in [0.15, 0.2) is 24.3 Å². The van der Waals surface area contributed by atoms with Gasteiger partial charge in [-0.2, -0.15) is 0 Å². The van der Waals surface area contributed by atoms with E-state index in [2.05, 4.69) is 38.1 Å². The lowest BCUT2D eigenvalue weighted by atomic mass is 10.0. The number of rotatable bonds is 25. The van der Waals surface area contributed by atoms with Crippen molar-refractivity contribution in [2.75, 3.05) is 46.2 Å². The molecule has 1 aromatic rings. The zero-order valence-electron chi connectivity index (χ0n) is 21.8. The van der Waals surface area contributed by atoms with Crippen molar-refractivity contribution in [3.05, 3.63) is 29.8 Å². The van der Waals surface area contributed by atoms with Crippen LogP contribution in [-0.4, -0.2) is 46.2 Å². The summed E-state index contributed by atoms with van der Waals surface area (Å²) < 4.78 is 22.5. The minimum atomic E-state index is 0.568. The Balaban J connectivity index is 1.84. The smallest absolute Gasteiger partial charge is 0.119 e. The van der Waals surface area contributed by atoms with Gasteiger partial charge in [-0.05, 0) is 37.0 Å². The zero-order chi connectivity index (χ0) is 23.7. The van der Waals surface area contributed by atoms with Crippen molar-refractivity contribution in [3.63, 3.8) is 0 Å². The molecule has 1 aromatic carbocycles. The molecular weight excluding hydrogens is 412 g/mol. The molecule has 0 aliphatic heterocycles. The van der Waals surface area contributed by atoms with Gasteiger partial charge in [0, 0.05) is 6.61 Å². The van der Waals surface area contributed by atoms with Gasteiger partial charge in [-0.1, -0.05) is 96.6 Å². The lowest BCUT2D eigenvalue weighted by Gasteiger charge is -2.09. The van der Waals surface area contributed by atoms with Gasteiger partial charge in [-0.3, -0.25) is 0 Å². The molecule has 0 aromatic heterocycles. The quantitative estimate of drug-likeness (QED) is 0.138. The highest BCUT2D eigenvalue weighted by Crippen LogP contribution is 2.15. The van der Waals surface area contributed by atoms with Crippen molar-refractivity contribution in [2.24, 2.45) is 0 Å². The second-order valence-electron chi connectivity index (χ2n) is 8.97. The van der Waals surface area contributed by atoms with Crippen molar-refractivity contribution < 1.29 is 18.9 Å². The molecule has 4 nitrogen and oxygen atoms in total. The highest BCUT2D eigenvalue weighted by Gasteiger charge is 1.98. The first-order valence-corrected chi connectivity index (χ1v) is 13.8. The molecule has 0 radical (unpaired) electrons. The maximum Gasteiger partial charge on any atom is 0.119 e. The summed E-state index contributed by atoms with van der Waals surface area (Å²) in [5, 5.41) is 0. The van der Waals surface area contributed by atoms with Crippen LogP contribution in [0.2, 0.25) is 0 Å². The lowest BCUT2D eigenvalue weighted by Crippen LogP contribution is -2.13. The van der Waals surface area contributed by atoms with Crippen molar-refractivity contribution >= 4 is 0 Å². The first-order valence-electron chi connectivity index (χ1n) is 13.8. The van der Waals surface area contributed by atoms with Crippen LogP contribution < -0.4 is 4.74 Å². The Bertz CT molecular complexity index is 503. The summed E-state index contributed by atoms with van der Waals surface area (Å²) >= 11 is 0. The van der Waals surface area contributed by atoms with Gasteiger partial charge in [-0.25, -0.2) is 0 Å². The van der Waals surface area contributed by atoms with Gasteiger partial charge in [0.25, 0.3) is 0 Å². The Hall–Kier alpha value is -1.10. The molecule has 1 rings (SSSR count). The van der Waals surface area contributed by atoms with Gasteiger partial charge in [0.05, 0.1) is 33.0 Å². The monoisotopic (exact) mass is 464 g/mol. The van der Waals surface area contributed by atoms with E-state index in [0.717, 1.165) is 18.8 Å². The molecule has 4 heteroatoms. The molecule has 0 bridgehead atoms. The number of hydrogen-bond acceptors (Lipinski definition) is 4. The summed E-state index contributed by atoms with van der Waals surface area (Å²) in [5.74, 6) is 0.917. The molecule has 33 heavy (non-hydrogen) atoms. The van der Waals surface area contributed by atoms with Gasteiger partial charge in [0.15, 0.2) is 0 Å². The first kappa shape index (κ1) is 29.9. The first-order chi connectivity index (χ1) is 16.4. The number of hydrogen-bond donors (Lipinski definition) is 0. The van der Waals surface area contributed by atoms with Crippen LogP contribution >= 0.6 is 0 Å². The molecule has 0 heterocycles. The normalized spacial score (nSPS) is 11.2. The van der Waals surface area contributed by atoms with Crippen LogP contribution in [-0.2, 0) is 20.6 Å². The van der Waals surface area contributed by atoms with Crippen LogP contribution in [0.1, 0.15) is 103 Å². The average molecular weight is 465 g/mol. The van der Waals surface area contributed by atoms with E-state index in [0.29, 0.717) is 39.6 Å². The molecule has 0 aliphatic carbocycles. The summed E-state index contributed by atoms with van der Waals surface area (Å²) in [6.45, 7) is 9.03. The molecule has 0 fully saturated rings.